The smallest absolute Gasteiger partial charge is 0.0497 e. The van der Waals surface area contributed by atoms with E-state index in [9.17, 15) is 0 Å². The van der Waals surface area contributed by atoms with Crippen molar-refractivity contribution in [2.75, 3.05) is 6.61 Å². The van der Waals surface area contributed by atoms with Gasteiger partial charge in [0.1, 0.15) is 0 Å². The molecule has 0 aromatic heterocycles. The van der Waals surface area contributed by atoms with Crippen molar-refractivity contribution >= 4 is 15.9 Å². The first-order valence-electron chi connectivity index (χ1n) is 4.02. The van der Waals surface area contributed by atoms with E-state index in [0.717, 1.165) is 4.47 Å². The molecular formula is C10H13BrO. The highest BCUT2D eigenvalue weighted by Crippen LogP contribution is 2.22. The summed E-state index contributed by atoms with van der Waals surface area (Å²) in [4.78, 5) is 0. The average Bonchev–Trinajstić information content (AvgIpc) is 2.08. The van der Waals surface area contributed by atoms with E-state index in [1.807, 2.05) is 6.92 Å². The molecule has 1 aromatic rings. The third kappa shape index (κ3) is 2.08. The van der Waals surface area contributed by atoms with Crippen LogP contribution in [0.1, 0.15) is 24.0 Å². The number of rotatable bonds is 2. The van der Waals surface area contributed by atoms with Crippen molar-refractivity contribution in [2.45, 2.75) is 19.8 Å². The Bertz CT molecular complexity index is 271. The Morgan fingerprint density at radius 2 is 2.17 bits per heavy atom. The molecule has 1 unspecified atom stereocenters. The summed E-state index contributed by atoms with van der Waals surface area (Å²) in [7, 11) is 0. The molecule has 0 amide bonds. The lowest BCUT2D eigenvalue weighted by Crippen LogP contribution is -1.98. The van der Waals surface area contributed by atoms with Gasteiger partial charge in [0.05, 0.1) is 0 Å². The predicted molar refractivity (Wildman–Crippen MR) is 54.4 cm³/mol. The molecule has 0 saturated heterocycles. The number of aryl methyl sites for hydroxylation is 1. The van der Waals surface area contributed by atoms with Crippen LogP contribution in [0.25, 0.3) is 0 Å². The van der Waals surface area contributed by atoms with Crippen LogP contribution >= 0.6 is 15.9 Å². The van der Waals surface area contributed by atoms with Crippen LogP contribution in [0.3, 0.4) is 0 Å². The largest absolute Gasteiger partial charge is 0.396 e. The van der Waals surface area contributed by atoms with E-state index >= 15 is 0 Å². The van der Waals surface area contributed by atoms with Crippen LogP contribution in [0, 0.1) is 6.92 Å². The van der Waals surface area contributed by atoms with Gasteiger partial charge in [0.2, 0.25) is 0 Å². The van der Waals surface area contributed by atoms with Crippen LogP contribution in [0.15, 0.2) is 22.7 Å². The minimum Gasteiger partial charge on any atom is -0.396 e. The van der Waals surface area contributed by atoms with Crippen molar-refractivity contribution in [3.05, 3.63) is 33.8 Å². The zero-order valence-corrected chi connectivity index (χ0v) is 8.93. The molecule has 1 nitrogen and oxygen atoms in total. The van der Waals surface area contributed by atoms with E-state index in [0.29, 0.717) is 0 Å². The molecule has 0 fully saturated rings. The van der Waals surface area contributed by atoms with E-state index in [-0.39, 0.29) is 12.5 Å². The zero-order valence-electron chi connectivity index (χ0n) is 7.34. The second-order valence-corrected chi connectivity index (χ2v) is 3.95. The first-order valence-corrected chi connectivity index (χ1v) is 4.81. The molecule has 0 aliphatic carbocycles. The third-order valence-electron chi connectivity index (χ3n) is 2.04. The van der Waals surface area contributed by atoms with E-state index < -0.39 is 0 Å². The summed E-state index contributed by atoms with van der Waals surface area (Å²) in [5.74, 6) is 0.224. The number of halogens is 1. The van der Waals surface area contributed by atoms with Gasteiger partial charge in [0.15, 0.2) is 0 Å². The van der Waals surface area contributed by atoms with Crippen molar-refractivity contribution in [1.29, 1.82) is 0 Å². The Morgan fingerprint density at radius 1 is 1.50 bits per heavy atom. The maximum atomic E-state index is 8.93. The number of aliphatic hydroxyl groups is 1. The standard InChI is InChI=1S/C10H13BrO/c1-7-3-4-9(5-10(7)11)8(2)6-12/h3-5,8,12H,6H2,1-2H3. The van der Waals surface area contributed by atoms with E-state index in [1.165, 1.54) is 11.1 Å². The molecule has 0 spiro atoms. The number of aliphatic hydroxyl groups excluding tert-OH is 1. The van der Waals surface area contributed by atoms with E-state index in [4.69, 9.17) is 5.11 Å². The van der Waals surface area contributed by atoms with Crippen LogP contribution in [0.2, 0.25) is 0 Å². The van der Waals surface area contributed by atoms with Gasteiger partial charge in [-0.2, -0.15) is 0 Å². The Labute approximate surface area is 81.6 Å². The summed E-state index contributed by atoms with van der Waals surface area (Å²) < 4.78 is 1.11. The van der Waals surface area contributed by atoms with Crippen molar-refractivity contribution in [2.24, 2.45) is 0 Å². The van der Waals surface area contributed by atoms with Crippen LogP contribution in [0.5, 0.6) is 0 Å². The summed E-state index contributed by atoms with van der Waals surface area (Å²) in [6.45, 7) is 4.27. The minimum atomic E-state index is 0.204. The fourth-order valence-corrected chi connectivity index (χ4v) is 1.42. The zero-order chi connectivity index (χ0) is 9.14. The fraction of sp³-hybridized carbons (Fsp3) is 0.400. The Kier molecular flexibility index (Phi) is 3.29. The molecule has 0 aliphatic heterocycles. The molecule has 1 atom stereocenters. The lowest BCUT2D eigenvalue weighted by atomic mass is 10.0. The monoisotopic (exact) mass is 228 g/mol. The second-order valence-electron chi connectivity index (χ2n) is 3.09. The van der Waals surface area contributed by atoms with Crippen molar-refractivity contribution in [3.8, 4) is 0 Å². The van der Waals surface area contributed by atoms with Crippen molar-refractivity contribution in [1.82, 2.24) is 0 Å². The lowest BCUT2D eigenvalue weighted by Gasteiger charge is -2.09. The molecule has 12 heavy (non-hydrogen) atoms. The molecular weight excluding hydrogens is 216 g/mol. The third-order valence-corrected chi connectivity index (χ3v) is 2.89. The van der Waals surface area contributed by atoms with Crippen molar-refractivity contribution in [3.63, 3.8) is 0 Å². The van der Waals surface area contributed by atoms with Gasteiger partial charge in [-0.15, -0.1) is 0 Å². The van der Waals surface area contributed by atoms with E-state index in [1.54, 1.807) is 0 Å². The first kappa shape index (κ1) is 9.75. The predicted octanol–water partition coefficient (Wildman–Crippen LogP) is 2.85. The summed E-state index contributed by atoms with van der Waals surface area (Å²) in [6.07, 6.45) is 0. The molecule has 1 rings (SSSR count). The fourth-order valence-electron chi connectivity index (χ4n) is 1.02. The molecule has 1 aromatic carbocycles. The van der Waals surface area contributed by atoms with E-state index in [2.05, 4.69) is 41.1 Å². The highest BCUT2D eigenvalue weighted by Gasteiger charge is 2.04. The van der Waals surface area contributed by atoms with Gasteiger partial charge < -0.3 is 5.11 Å². The molecule has 66 valence electrons. The quantitative estimate of drug-likeness (QED) is 0.826. The van der Waals surface area contributed by atoms with Gasteiger partial charge in [-0.3, -0.25) is 0 Å². The molecule has 0 heterocycles. The van der Waals surface area contributed by atoms with Gasteiger partial charge in [-0.1, -0.05) is 35.0 Å². The molecule has 0 radical (unpaired) electrons. The normalized spacial score (nSPS) is 13.0. The van der Waals surface area contributed by atoms with Gasteiger partial charge in [0, 0.05) is 17.0 Å². The van der Waals surface area contributed by atoms with Crippen LogP contribution in [0.4, 0.5) is 0 Å². The summed E-state index contributed by atoms with van der Waals surface area (Å²) >= 11 is 3.46. The van der Waals surface area contributed by atoms with Gasteiger partial charge in [-0.05, 0) is 24.1 Å². The summed E-state index contributed by atoms with van der Waals surface area (Å²) in [5.41, 5.74) is 2.40. The Hall–Kier alpha value is -0.340. The maximum Gasteiger partial charge on any atom is 0.0497 e. The first-order chi connectivity index (χ1) is 5.65. The Morgan fingerprint density at radius 3 is 2.67 bits per heavy atom. The molecule has 1 N–H and O–H groups in total. The molecule has 0 aliphatic rings. The lowest BCUT2D eigenvalue weighted by molar-refractivity contribution is 0.273. The van der Waals surface area contributed by atoms with Crippen LogP contribution < -0.4 is 0 Å². The average molecular weight is 229 g/mol. The van der Waals surface area contributed by atoms with Gasteiger partial charge in [-0.25, -0.2) is 0 Å². The molecule has 0 saturated carbocycles. The minimum absolute atomic E-state index is 0.204. The summed E-state index contributed by atoms with van der Waals surface area (Å²) in [6, 6.07) is 6.18. The van der Waals surface area contributed by atoms with Gasteiger partial charge in [0.25, 0.3) is 0 Å². The number of benzene rings is 1. The van der Waals surface area contributed by atoms with Crippen molar-refractivity contribution < 1.29 is 5.11 Å². The second kappa shape index (κ2) is 4.06. The maximum absolute atomic E-state index is 8.93. The Balaban J connectivity index is 2.96. The number of hydrogen-bond acceptors (Lipinski definition) is 1. The van der Waals surface area contributed by atoms with Crippen LogP contribution in [-0.2, 0) is 0 Å². The SMILES string of the molecule is Cc1ccc(C(C)CO)cc1Br. The van der Waals surface area contributed by atoms with Crippen LogP contribution in [-0.4, -0.2) is 11.7 Å². The molecule has 0 bridgehead atoms. The topological polar surface area (TPSA) is 20.2 Å². The highest BCUT2D eigenvalue weighted by molar-refractivity contribution is 9.10. The van der Waals surface area contributed by atoms with Gasteiger partial charge >= 0.3 is 0 Å². The highest BCUT2D eigenvalue weighted by atomic mass is 79.9. The summed E-state index contributed by atoms with van der Waals surface area (Å²) in [5, 5.41) is 8.93. The number of hydrogen-bond donors (Lipinski definition) is 1. The molecule has 2 heteroatoms.